The molecule has 130 valence electrons. The molecule has 0 aliphatic heterocycles. The van der Waals surface area contributed by atoms with E-state index in [1.165, 1.54) is 16.8 Å². The van der Waals surface area contributed by atoms with Crippen LogP contribution in [0.4, 0.5) is 11.5 Å². The summed E-state index contributed by atoms with van der Waals surface area (Å²) in [6.07, 6.45) is 3.03. The Hall–Kier alpha value is -2.03. The standard InChI is InChI=1S/C21H31N3/c1-20(2,3)16-7-10-18(11-8-16)23-14-13-21(4,5)17-9-12-19(22-6)24-15-17/h7-12,15,23H,13-14H2,1-6H3,(H,22,24). The summed E-state index contributed by atoms with van der Waals surface area (Å²) in [4.78, 5) is 4.43. The lowest BCUT2D eigenvalue weighted by Gasteiger charge is -2.25. The molecule has 3 nitrogen and oxygen atoms in total. The highest BCUT2D eigenvalue weighted by molar-refractivity contribution is 5.46. The van der Waals surface area contributed by atoms with Crippen molar-refractivity contribution in [1.82, 2.24) is 4.98 Å². The second kappa shape index (κ2) is 7.25. The van der Waals surface area contributed by atoms with Gasteiger partial charge in [0.15, 0.2) is 0 Å². The molecule has 0 spiro atoms. The van der Waals surface area contributed by atoms with Crippen LogP contribution in [0.25, 0.3) is 0 Å². The van der Waals surface area contributed by atoms with Gasteiger partial charge in [0, 0.05) is 25.5 Å². The highest BCUT2D eigenvalue weighted by Crippen LogP contribution is 2.27. The first-order valence-electron chi connectivity index (χ1n) is 8.71. The molecule has 0 saturated carbocycles. The molecule has 0 fully saturated rings. The molecule has 0 saturated heterocycles. The molecule has 24 heavy (non-hydrogen) atoms. The Bertz CT molecular complexity index is 634. The summed E-state index contributed by atoms with van der Waals surface area (Å²) in [7, 11) is 1.89. The van der Waals surface area contributed by atoms with E-state index in [2.05, 4.69) is 80.6 Å². The van der Waals surface area contributed by atoms with Crippen LogP contribution in [0.2, 0.25) is 0 Å². The van der Waals surface area contributed by atoms with E-state index >= 15 is 0 Å². The van der Waals surface area contributed by atoms with Crippen molar-refractivity contribution in [1.29, 1.82) is 0 Å². The van der Waals surface area contributed by atoms with Gasteiger partial charge in [-0.05, 0) is 46.6 Å². The molecule has 2 rings (SSSR count). The topological polar surface area (TPSA) is 37.0 Å². The zero-order valence-corrected chi connectivity index (χ0v) is 15.9. The molecular formula is C21H31N3. The van der Waals surface area contributed by atoms with Gasteiger partial charge in [-0.25, -0.2) is 4.98 Å². The Labute approximate surface area is 146 Å². The molecule has 2 N–H and O–H groups in total. The van der Waals surface area contributed by atoms with Gasteiger partial charge in [-0.1, -0.05) is 52.8 Å². The minimum atomic E-state index is 0.0949. The van der Waals surface area contributed by atoms with Gasteiger partial charge in [-0.2, -0.15) is 0 Å². The first-order chi connectivity index (χ1) is 11.2. The van der Waals surface area contributed by atoms with Gasteiger partial charge >= 0.3 is 0 Å². The van der Waals surface area contributed by atoms with Gasteiger partial charge in [0.05, 0.1) is 0 Å². The van der Waals surface area contributed by atoms with E-state index < -0.39 is 0 Å². The average Bonchev–Trinajstić information content (AvgIpc) is 2.54. The summed E-state index contributed by atoms with van der Waals surface area (Å²) in [6.45, 7) is 12.2. The van der Waals surface area contributed by atoms with Crippen molar-refractivity contribution in [2.24, 2.45) is 0 Å². The van der Waals surface area contributed by atoms with Crippen molar-refractivity contribution in [2.75, 3.05) is 24.2 Å². The molecule has 1 heterocycles. The van der Waals surface area contributed by atoms with Crippen molar-refractivity contribution in [3.8, 4) is 0 Å². The van der Waals surface area contributed by atoms with Gasteiger partial charge in [0.2, 0.25) is 0 Å². The Balaban J connectivity index is 1.92. The van der Waals surface area contributed by atoms with Crippen LogP contribution < -0.4 is 10.6 Å². The quantitative estimate of drug-likeness (QED) is 0.766. The molecule has 2 aromatic rings. The van der Waals surface area contributed by atoms with Crippen LogP contribution in [0, 0.1) is 0 Å². The van der Waals surface area contributed by atoms with Crippen LogP contribution in [0.1, 0.15) is 52.2 Å². The zero-order chi connectivity index (χ0) is 17.8. The van der Waals surface area contributed by atoms with E-state index in [0.29, 0.717) is 0 Å². The van der Waals surface area contributed by atoms with Crippen LogP contribution in [0.15, 0.2) is 42.6 Å². The van der Waals surface area contributed by atoms with Crippen LogP contribution in [0.5, 0.6) is 0 Å². The number of nitrogens with one attached hydrogen (secondary N) is 2. The van der Waals surface area contributed by atoms with Crippen molar-refractivity contribution in [3.05, 3.63) is 53.7 Å². The van der Waals surface area contributed by atoms with E-state index in [1.54, 1.807) is 0 Å². The molecule has 0 amide bonds. The summed E-state index contributed by atoms with van der Waals surface area (Å²) < 4.78 is 0. The Morgan fingerprint density at radius 1 is 0.875 bits per heavy atom. The van der Waals surface area contributed by atoms with E-state index in [4.69, 9.17) is 0 Å². The first kappa shape index (κ1) is 18.3. The van der Waals surface area contributed by atoms with Crippen molar-refractivity contribution >= 4 is 11.5 Å². The number of hydrogen-bond donors (Lipinski definition) is 2. The van der Waals surface area contributed by atoms with Gasteiger partial charge in [-0.3, -0.25) is 0 Å². The third kappa shape index (κ3) is 4.73. The molecule has 0 aliphatic rings. The maximum absolute atomic E-state index is 4.43. The maximum atomic E-state index is 4.43. The van der Waals surface area contributed by atoms with Crippen molar-refractivity contribution in [2.45, 2.75) is 51.9 Å². The number of hydrogen-bond acceptors (Lipinski definition) is 3. The summed E-state index contributed by atoms with van der Waals surface area (Å²) in [5.74, 6) is 0.909. The van der Waals surface area contributed by atoms with Crippen LogP contribution >= 0.6 is 0 Å². The van der Waals surface area contributed by atoms with Gasteiger partial charge in [-0.15, -0.1) is 0 Å². The highest BCUT2D eigenvalue weighted by atomic mass is 14.9. The monoisotopic (exact) mass is 325 g/mol. The van der Waals surface area contributed by atoms with Crippen LogP contribution in [-0.2, 0) is 10.8 Å². The molecule has 3 heteroatoms. The van der Waals surface area contributed by atoms with Crippen LogP contribution in [0.3, 0.4) is 0 Å². The van der Waals surface area contributed by atoms with Gasteiger partial charge < -0.3 is 10.6 Å². The third-order valence-electron chi connectivity index (χ3n) is 4.63. The van der Waals surface area contributed by atoms with E-state index in [1.807, 2.05) is 19.3 Å². The van der Waals surface area contributed by atoms with Gasteiger partial charge in [0.1, 0.15) is 5.82 Å². The lowest BCUT2D eigenvalue weighted by molar-refractivity contribution is 0.493. The molecule has 0 radical (unpaired) electrons. The normalized spacial score (nSPS) is 12.1. The number of pyridine rings is 1. The predicted octanol–water partition coefficient (Wildman–Crippen LogP) is 5.20. The fraction of sp³-hybridized carbons (Fsp3) is 0.476. The SMILES string of the molecule is CNc1ccc(C(C)(C)CCNc2ccc(C(C)(C)C)cc2)cn1. The molecule has 1 aromatic carbocycles. The summed E-state index contributed by atoms with van der Waals surface area (Å²) in [6, 6.07) is 13.0. The minimum absolute atomic E-state index is 0.0949. The minimum Gasteiger partial charge on any atom is -0.385 e. The Kier molecular flexibility index (Phi) is 5.53. The van der Waals surface area contributed by atoms with E-state index in [-0.39, 0.29) is 10.8 Å². The zero-order valence-electron chi connectivity index (χ0n) is 15.9. The summed E-state index contributed by atoms with van der Waals surface area (Å²) in [5.41, 5.74) is 4.11. The second-order valence-electron chi connectivity index (χ2n) is 8.07. The largest absolute Gasteiger partial charge is 0.385 e. The fourth-order valence-electron chi connectivity index (χ4n) is 2.69. The molecule has 0 bridgehead atoms. The molecular weight excluding hydrogens is 294 g/mol. The molecule has 0 unspecified atom stereocenters. The van der Waals surface area contributed by atoms with E-state index in [0.717, 1.165) is 18.8 Å². The van der Waals surface area contributed by atoms with E-state index in [9.17, 15) is 0 Å². The summed E-state index contributed by atoms with van der Waals surface area (Å²) in [5, 5.41) is 6.60. The number of nitrogens with zero attached hydrogens (tertiary/aromatic N) is 1. The second-order valence-corrected chi connectivity index (χ2v) is 8.07. The number of benzene rings is 1. The first-order valence-corrected chi connectivity index (χ1v) is 8.71. The number of aromatic nitrogens is 1. The lowest BCUT2D eigenvalue weighted by atomic mass is 9.82. The third-order valence-corrected chi connectivity index (χ3v) is 4.63. The molecule has 1 aromatic heterocycles. The smallest absolute Gasteiger partial charge is 0.125 e. The van der Waals surface area contributed by atoms with Gasteiger partial charge in [0.25, 0.3) is 0 Å². The average molecular weight is 326 g/mol. The van der Waals surface area contributed by atoms with Crippen molar-refractivity contribution < 1.29 is 0 Å². The van der Waals surface area contributed by atoms with Crippen LogP contribution in [-0.4, -0.2) is 18.6 Å². The fourth-order valence-corrected chi connectivity index (χ4v) is 2.69. The number of anilines is 2. The molecule has 0 aliphatic carbocycles. The Morgan fingerprint density at radius 3 is 2.00 bits per heavy atom. The molecule has 0 atom stereocenters. The highest BCUT2D eigenvalue weighted by Gasteiger charge is 2.20. The maximum Gasteiger partial charge on any atom is 0.125 e. The lowest BCUT2D eigenvalue weighted by Crippen LogP contribution is -2.21. The predicted molar refractivity (Wildman–Crippen MR) is 105 cm³/mol. The summed E-state index contributed by atoms with van der Waals surface area (Å²) >= 11 is 0. The Morgan fingerprint density at radius 2 is 1.50 bits per heavy atom. The number of rotatable bonds is 6. The van der Waals surface area contributed by atoms with Crippen molar-refractivity contribution in [3.63, 3.8) is 0 Å².